The zero-order valence-corrected chi connectivity index (χ0v) is 12.5. The third kappa shape index (κ3) is 5.78. The van der Waals surface area contributed by atoms with Crippen LogP contribution in [0.25, 0.3) is 0 Å². The van der Waals surface area contributed by atoms with Crippen LogP contribution < -0.4 is 10.6 Å². The van der Waals surface area contributed by atoms with Gasteiger partial charge in [0.05, 0.1) is 22.3 Å². The Bertz CT molecular complexity index is 503. The Hall–Kier alpha value is -2.15. The van der Waals surface area contributed by atoms with Crippen molar-refractivity contribution >= 4 is 17.4 Å². The third-order valence-electron chi connectivity index (χ3n) is 2.81. The van der Waals surface area contributed by atoms with Crippen LogP contribution in [0.15, 0.2) is 18.2 Å². The molecule has 7 heteroatoms. The molecule has 21 heavy (non-hydrogen) atoms. The van der Waals surface area contributed by atoms with Crippen LogP contribution in [0.5, 0.6) is 0 Å². The third-order valence-corrected chi connectivity index (χ3v) is 2.81. The van der Waals surface area contributed by atoms with Crippen LogP contribution in [0.3, 0.4) is 0 Å². The number of nitro groups is 1. The molecular formula is C14H21N3O4. The second-order valence-electron chi connectivity index (χ2n) is 4.86. The first-order valence-corrected chi connectivity index (χ1v) is 6.82. The normalized spacial score (nSPS) is 10.5. The summed E-state index contributed by atoms with van der Waals surface area (Å²) in [7, 11) is 0. The van der Waals surface area contributed by atoms with E-state index in [1.54, 1.807) is 13.0 Å². The van der Waals surface area contributed by atoms with Crippen molar-refractivity contribution < 1.29 is 14.5 Å². The fourth-order valence-corrected chi connectivity index (χ4v) is 1.72. The van der Waals surface area contributed by atoms with Gasteiger partial charge in [0.1, 0.15) is 0 Å². The standard InChI is InChI=1S/C14H21N3O4/c1-10(2)21-9-5-8-15-14(18)16-12-6-4-7-13(11(12)3)17(19)20/h4,6-7,10H,5,8-9H2,1-3H3,(H2,15,16,18). The number of rotatable bonds is 7. The number of nitro benzene ring substituents is 1. The molecule has 0 heterocycles. The Morgan fingerprint density at radius 3 is 2.76 bits per heavy atom. The number of amides is 2. The molecular weight excluding hydrogens is 274 g/mol. The first kappa shape index (κ1) is 16.9. The summed E-state index contributed by atoms with van der Waals surface area (Å²) in [5.41, 5.74) is 0.846. The lowest BCUT2D eigenvalue weighted by molar-refractivity contribution is -0.385. The molecule has 1 aromatic carbocycles. The molecule has 0 fully saturated rings. The maximum atomic E-state index is 11.7. The number of nitrogens with zero attached hydrogens (tertiary/aromatic N) is 1. The van der Waals surface area contributed by atoms with E-state index in [1.165, 1.54) is 12.1 Å². The van der Waals surface area contributed by atoms with Crippen LogP contribution in [0.2, 0.25) is 0 Å². The zero-order valence-electron chi connectivity index (χ0n) is 12.5. The minimum atomic E-state index is -0.471. The molecule has 0 aromatic heterocycles. The molecule has 116 valence electrons. The van der Waals surface area contributed by atoms with Gasteiger partial charge in [-0.25, -0.2) is 4.79 Å². The molecule has 0 unspecified atom stereocenters. The fraction of sp³-hybridized carbons (Fsp3) is 0.500. The second kappa shape index (κ2) is 8.21. The van der Waals surface area contributed by atoms with Gasteiger partial charge in [-0.15, -0.1) is 0 Å². The highest BCUT2D eigenvalue weighted by Crippen LogP contribution is 2.24. The van der Waals surface area contributed by atoms with Crippen LogP contribution in [-0.4, -0.2) is 30.2 Å². The Kier molecular flexibility index (Phi) is 6.61. The summed E-state index contributed by atoms with van der Waals surface area (Å²) in [5.74, 6) is 0. The SMILES string of the molecule is Cc1c(NC(=O)NCCCOC(C)C)cccc1[N+](=O)[O-]. The van der Waals surface area contributed by atoms with E-state index in [2.05, 4.69) is 10.6 Å². The highest BCUT2D eigenvalue weighted by Gasteiger charge is 2.14. The van der Waals surface area contributed by atoms with Crippen molar-refractivity contribution in [1.82, 2.24) is 5.32 Å². The summed E-state index contributed by atoms with van der Waals surface area (Å²) in [6.07, 6.45) is 0.880. The number of hydrogen-bond donors (Lipinski definition) is 2. The largest absolute Gasteiger partial charge is 0.379 e. The summed E-state index contributed by atoms with van der Waals surface area (Å²) in [4.78, 5) is 22.1. The monoisotopic (exact) mass is 295 g/mol. The van der Waals surface area contributed by atoms with E-state index < -0.39 is 4.92 Å². The van der Waals surface area contributed by atoms with E-state index in [0.717, 1.165) is 0 Å². The Labute approximate surface area is 123 Å². The molecule has 0 radical (unpaired) electrons. The van der Waals surface area contributed by atoms with Crippen molar-refractivity contribution in [3.05, 3.63) is 33.9 Å². The molecule has 0 saturated carbocycles. The minimum Gasteiger partial charge on any atom is -0.379 e. The summed E-state index contributed by atoms with van der Waals surface area (Å²) in [6, 6.07) is 4.19. The van der Waals surface area contributed by atoms with Crippen molar-refractivity contribution in [1.29, 1.82) is 0 Å². The van der Waals surface area contributed by atoms with E-state index in [1.807, 2.05) is 13.8 Å². The number of anilines is 1. The van der Waals surface area contributed by atoms with Crippen LogP contribution in [0.4, 0.5) is 16.2 Å². The van der Waals surface area contributed by atoms with Crippen molar-refractivity contribution in [3.63, 3.8) is 0 Å². The number of carbonyl (C=O) groups excluding carboxylic acids is 1. The Morgan fingerprint density at radius 2 is 2.14 bits per heavy atom. The molecule has 2 N–H and O–H groups in total. The molecule has 0 aliphatic carbocycles. The highest BCUT2D eigenvalue weighted by atomic mass is 16.6. The van der Waals surface area contributed by atoms with Crippen LogP contribution >= 0.6 is 0 Å². The lowest BCUT2D eigenvalue weighted by Gasteiger charge is -2.11. The van der Waals surface area contributed by atoms with Gasteiger partial charge in [0, 0.05) is 19.2 Å². The Morgan fingerprint density at radius 1 is 1.43 bits per heavy atom. The van der Waals surface area contributed by atoms with E-state index in [0.29, 0.717) is 30.8 Å². The Balaban J connectivity index is 2.45. The van der Waals surface area contributed by atoms with Gasteiger partial charge in [-0.2, -0.15) is 0 Å². The van der Waals surface area contributed by atoms with Crippen LogP contribution in [0.1, 0.15) is 25.8 Å². The topological polar surface area (TPSA) is 93.5 Å². The maximum Gasteiger partial charge on any atom is 0.319 e. The van der Waals surface area contributed by atoms with Gasteiger partial charge in [-0.05, 0) is 33.3 Å². The summed E-state index contributed by atoms with van der Waals surface area (Å²) in [5, 5.41) is 16.1. The maximum absolute atomic E-state index is 11.7. The number of benzene rings is 1. The first-order chi connectivity index (χ1) is 9.91. The van der Waals surface area contributed by atoms with Crippen molar-refractivity contribution in [3.8, 4) is 0 Å². The van der Waals surface area contributed by atoms with Gasteiger partial charge < -0.3 is 15.4 Å². The summed E-state index contributed by atoms with van der Waals surface area (Å²) in [6.45, 7) is 6.56. The molecule has 1 rings (SSSR count). The minimum absolute atomic E-state index is 0.0156. The van der Waals surface area contributed by atoms with E-state index in [9.17, 15) is 14.9 Å². The van der Waals surface area contributed by atoms with Crippen molar-refractivity contribution in [2.24, 2.45) is 0 Å². The highest BCUT2D eigenvalue weighted by molar-refractivity contribution is 5.90. The molecule has 7 nitrogen and oxygen atoms in total. The fourth-order valence-electron chi connectivity index (χ4n) is 1.72. The van der Waals surface area contributed by atoms with E-state index >= 15 is 0 Å². The lowest BCUT2D eigenvalue weighted by Crippen LogP contribution is -2.30. The van der Waals surface area contributed by atoms with Gasteiger partial charge in [-0.3, -0.25) is 10.1 Å². The van der Waals surface area contributed by atoms with E-state index in [4.69, 9.17) is 4.74 Å². The molecule has 0 bridgehead atoms. The van der Waals surface area contributed by atoms with Crippen molar-refractivity contribution in [2.75, 3.05) is 18.5 Å². The molecule has 0 saturated heterocycles. The quantitative estimate of drug-likeness (QED) is 0.459. The predicted molar refractivity (Wildman–Crippen MR) is 80.6 cm³/mol. The zero-order chi connectivity index (χ0) is 15.8. The van der Waals surface area contributed by atoms with Crippen molar-refractivity contribution in [2.45, 2.75) is 33.3 Å². The van der Waals surface area contributed by atoms with Crippen LogP contribution in [0, 0.1) is 17.0 Å². The summed E-state index contributed by atoms with van der Waals surface area (Å²) >= 11 is 0. The predicted octanol–water partition coefficient (Wildman–Crippen LogP) is 2.84. The number of carbonyl (C=O) groups is 1. The van der Waals surface area contributed by atoms with Gasteiger partial charge >= 0.3 is 6.03 Å². The smallest absolute Gasteiger partial charge is 0.319 e. The molecule has 1 aromatic rings. The van der Waals surface area contributed by atoms with Gasteiger partial charge in [-0.1, -0.05) is 6.07 Å². The molecule has 2 amide bonds. The molecule has 0 atom stereocenters. The molecule has 0 aliphatic rings. The van der Waals surface area contributed by atoms with Crippen LogP contribution in [-0.2, 0) is 4.74 Å². The molecule has 0 aliphatic heterocycles. The number of ether oxygens (including phenoxy) is 1. The van der Waals surface area contributed by atoms with Gasteiger partial charge in [0.2, 0.25) is 0 Å². The lowest BCUT2D eigenvalue weighted by atomic mass is 10.1. The average molecular weight is 295 g/mol. The van der Waals surface area contributed by atoms with E-state index in [-0.39, 0.29) is 17.8 Å². The summed E-state index contributed by atoms with van der Waals surface area (Å²) < 4.78 is 5.36. The van der Waals surface area contributed by atoms with Gasteiger partial charge in [0.15, 0.2) is 0 Å². The second-order valence-corrected chi connectivity index (χ2v) is 4.86. The average Bonchev–Trinajstić information content (AvgIpc) is 2.40. The van der Waals surface area contributed by atoms with Gasteiger partial charge in [0.25, 0.3) is 5.69 Å². The first-order valence-electron chi connectivity index (χ1n) is 6.82. The number of urea groups is 1. The number of hydrogen-bond acceptors (Lipinski definition) is 4. The molecule has 0 spiro atoms. The number of nitrogens with one attached hydrogen (secondary N) is 2.